The van der Waals surface area contributed by atoms with E-state index in [1.165, 1.54) is 0 Å². The number of halogens is 1. The molecule has 0 aliphatic heterocycles. The van der Waals surface area contributed by atoms with Crippen LogP contribution >= 0.6 is 15.9 Å². The Hall–Kier alpha value is -2.01. The Morgan fingerprint density at radius 2 is 1.95 bits per heavy atom. The molecule has 0 bridgehead atoms. The van der Waals surface area contributed by atoms with Gasteiger partial charge in [-0.3, -0.25) is 4.79 Å². The lowest BCUT2D eigenvalue weighted by Crippen LogP contribution is -2.18. The maximum atomic E-state index is 11.7. The number of ether oxygens (including phenoxy) is 2. The molecule has 4 nitrogen and oxygen atoms in total. The van der Waals surface area contributed by atoms with Crippen LogP contribution in [0.3, 0.4) is 0 Å². The number of amides is 1. The van der Waals surface area contributed by atoms with Crippen LogP contribution < -0.4 is 14.8 Å². The molecule has 110 valence electrons. The van der Waals surface area contributed by atoms with Gasteiger partial charge in [0.05, 0.1) is 11.6 Å². The molecule has 0 aromatic heterocycles. The van der Waals surface area contributed by atoms with Crippen molar-refractivity contribution in [1.82, 2.24) is 5.32 Å². The standard InChI is InChI=1S/C16H16BrNO3/c1-18-16(19)12-8-13(17)15(14(9-12)20-2)21-10-11-6-4-3-5-7-11/h3-9H,10H2,1-2H3,(H,18,19). The minimum absolute atomic E-state index is 0.177. The largest absolute Gasteiger partial charge is 0.493 e. The highest BCUT2D eigenvalue weighted by molar-refractivity contribution is 9.10. The van der Waals surface area contributed by atoms with E-state index in [0.29, 0.717) is 28.1 Å². The van der Waals surface area contributed by atoms with Crippen LogP contribution in [-0.4, -0.2) is 20.1 Å². The van der Waals surface area contributed by atoms with Gasteiger partial charge in [-0.2, -0.15) is 0 Å². The maximum absolute atomic E-state index is 11.7. The fourth-order valence-corrected chi connectivity index (χ4v) is 2.42. The van der Waals surface area contributed by atoms with Crippen LogP contribution in [0.1, 0.15) is 15.9 Å². The van der Waals surface area contributed by atoms with Crippen LogP contribution in [0.5, 0.6) is 11.5 Å². The molecule has 1 N–H and O–H groups in total. The number of methoxy groups -OCH3 is 1. The summed E-state index contributed by atoms with van der Waals surface area (Å²) in [5.74, 6) is 0.913. The van der Waals surface area contributed by atoms with Crippen molar-refractivity contribution in [3.05, 3.63) is 58.1 Å². The number of nitrogens with one attached hydrogen (secondary N) is 1. The van der Waals surface area contributed by atoms with E-state index in [1.54, 1.807) is 26.3 Å². The van der Waals surface area contributed by atoms with E-state index in [4.69, 9.17) is 9.47 Å². The summed E-state index contributed by atoms with van der Waals surface area (Å²) in [6.45, 7) is 0.426. The molecule has 21 heavy (non-hydrogen) atoms. The van der Waals surface area contributed by atoms with E-state index >= 15 is 0 Å². The van der Waals surface area contributed by atoms with E-state index in [1.807, 2.05) is 30.3 Å². The summed E-state index contributed by atoms with van der Waals surface area (Å²) in [6.07, 6.45) is 0. The summed E-state index contributed by atoms with van der Waals surface area (Å²) in [5, 5.41) is 2.58. The molecule has 0 atom stereocenters. The lowest BCUT2D eigenvalue weighted by Gasteiger charge is -2.14. The quantitative estimate of drug-likeness (QED) is 0.899. The molecule has 0 fully saturated rings. The Labute approximate surface area is 132 Å². The number of benzene rings is 2. The summed E-state index contributed by atoms with van der Waals surface area (Å²) >= 11 is 3.42. The Morgan fingerprint density at radius 1 is 1.24 bits per heavy atom. The predicted octanol–water partition coefficient (Wildman–Crippen LogP) is 3.40. The van der Waals surface area contributed by atoms with Crippen molar-refractivity contribution in [2.75, 3.05) is 14.2 Å². The van der Waals surface area contributed by atoms with Gasteiger partial charge in [-0.15, -0.1) is 0 Å². The van der Waals surface area contributed by atoms with Crippen molar-refractivity contribution in [3.8, 4) is 11.5 Å². The highest BCUT2D eigenvalue weighted by Gasteiger charge is 2.15. The van der Waals surface area contributed by atoms with Crippen LogP contribution in [-0.2, 0) is 6.61 Å². The Morgan fingerprint density at radius 3 is 2.57 bits per heavy atom. The van der Waals surface area contributed by atoms with Gasteiger partial charge >= 0.3 is 0 Å². The molecule has 0 aliphatic carbocycles. The fourth-order valence-electron chi connectivity index (χ4n) is 1.87. The van der Waals surface area contributed by atoms with Gasteiger partial charge in [0.15, 0.2) is 11.5 Å². The minimum atomic E-state index is -0.177. The van der Waals surface area contributed by atoms with E-state index in [9.17, 15) is 4.79 Å². The summed E-state index contributed by atoms with van der Waals surface area (Å²) in [4.78, 5) is 11.7. The third kappa shape index (κ3) is 3.76. The molecule has 0 saturated heterocycles. The van der Waals surface area contributed by atoms with E-state index in [0.717, 1.165) is 5.56 Å². The lowest BCUT2D eigenvalue weighted by atomic mass is 10.2. The lowest BCUT2D eigenvalue weighted by molar-refractivity contribution is 0.0962. The third-order valence-corrected chi connectivity index (χ3v) is 3.53. The number of hydrogen-bond acceptors (Lipinski definition) is 3. The van der Waals surface area contributed by atoms with E-state index in [-0.39, 0.29) is 5.91 Å². The Kier molecular flexibility index (Phi) is 5.22. The van der Waals surface area contributed by atoms with Crippen LogP contribution in [0, 0.1) is 0 Å². The normalized spacial score (nSPS) is 10.0. The molecule has 0 radical (unpaired) electrons. The summed E-state index contributed by atoms with van der Waals surface area (Å²) in [5.41, 5.74) is 1.56. The predicted molar refractivity (Wildman–Crippen MR) is 84.9 cm³/mol. The van der Waals surface area contributed by atoms with Crippen molar-refractivity contribution in [2.45, 2.75) is 6.61 Å². The molecule has 0 heterocycles. The zero-order valence-corrected chi connectivity index (χ0v) is 13.4. The number of rotatable bonds is 5. The highest BCUT2D eigenvalue weighted by Crippen LogP contribution is 2.37. The van der Waals surface area contributed by atoms with Gasteiger partial charge in [0, 0.05) is 12.6 Å². The maximum Gasteiger partial charge on any atom is 0.251 e. The first-order valence-electron chi connectivity index (χ1n) is 6.42. The zero-order chi connectivity index (χ0) is 15.2. The SMILES string of the molecule is CNC(=O)c1cc(Br)c(OCc2ccccc2)c(OC)c1. The van der Waals surface area contributed by atoms with Crippen molar-refractivity contribution in [1.29, 1.82) is 0 Å². The second-order valence-electron chi connectivity index (χ2n) is 4.34. The first-order valence-corrected chi connectivity index (χ1v) is 7.21. The fraction of sp³-hybridized carbons (Fsp3) is 0.188. The van der Waals surface area contributed by atoms with Gasteiger partial charge in [0.2, 0.25) is 0 Å². The van der Waals surface area contributed by atoms with Crippen molar-refractivity contribution >= 4 is 21.8 Å². The highest BCUT2D eigenvalue weighted by atomic mass is 79.9. The minimum Gasteiger partial charge on any atom is -0.493 e. The van der Waals surface area contributed by atoms with Crippen molar-refractivity contribution in [3.63, 3.8) is 0 Å². The molecular formula is C16H16BrNO3. The summed E-state index contributed by atoms with van der Waals surface area (Å²) < 4.78 is 11.8. The van der Waals surface area contributed by atoms with Gasteiger partial charge < -0.3 is 14.8 Å². The van der Waals surface area contributed by atoms with E-state index in [2.05, 4.69) is 21.2 Å². The summed E-state index contributed by atoms with van der Waals surface area (Å²) in [6, 6.07) is 13.2. The molecule has 0 saturated carbocycles. The zero-order valence-electron chi connectivity index (χ0n) is 11.9. The summed E-state index contributed by atoms with van der Waals surface area (Å²) in [7, 11) is 3.13. The van der Waals surface area contributed by atoms with Crippen LogP contribution in [0.15, 0.2) is 46.9 Å². The Bertz CT molecular complexity index is 629. The van der Waals surface area contributed by atoms with Crippen molar-refractivity contribution < 1.29 is 14.3 Å². The molecule has 2 rings (SSSR count). The molecule has 0 aliphatic rings. The van der Waals surface area contributed by atoms with Crippen LogP contribution in [0.2, 0.25) is 0 Å². The molecule has 0 unspecified atom stereocenters. The monoisotopic (exact) mass is 349 g/mol. The smallest absolute Gasteiger partial charge is 0.251 e. The topological polar surface area (TPSA) is 47.6 Å². The second-order valence-corrected chi connectivity index (χ2v) is 5.20. The molecule has 5 heteroatoms. The molecule has 0 spiro atoms. The van der Waals surface area contributed by atoms with Gasteiger partial charge in [0.1, 0.15) is 6.61 Å². The van der Waals surface area contributed by atoms with Crippen LogP contribution in [0.25, 0.3) is 0 Å². The number of carbonyl (C=O) groups is 1. The first-order chi connectivity index (χ1) is 10.2. The van der Waals surface area contributed by atoms with Crippen molar-refractivity contribution in [2.24, 2.45) is 0 Å². The number of hydrogen-bond donors (Lipinski definition) is 1. The van der Waals surface area contributed by atoms with Gasteiger partial charge in [-0.05, 0) is 33.6 Å². The Balaban J connectivity index is 2.24. The van der Waals surface area contributed by atoms with Crippen LogP contribution in [0.4, 0.5) is 0 Å². The molecule has 2 aromatic carbocycles. The molecule has 2 aromatic rings. The third-order valence-electron chi connectivity index (χ3n) is 2.94. The van der Waals surface area contributed by atoms with Gasteiger partial charge in [-0.1, -0.05) is 30.3 Å². The van der Waals surface area contributed by atoms with Gasteiger partial charge in [-0.25, -0.2) is 0 Å². The average molecular weight is 350 g/mol. The second kappa shape index (κ2) is 7.13. The first kappa shape index (κ1) is 15.4. The molecular weight excluding hydrogens is 334 g/mol. The van der Waals surface area contributed by atoms with Gasteiger partial charge in [0.25, 0.3) is 5.91 Å². The number of carbonyl (C=O) groups excluding carboxylic acids is 1. The average Bonchev–Trinajstić information content (AvgIpc) is 2.53. The van der Waals surface area contributed by atoms with E-state index < -0.39 is 0 Å². The molecule has 1 amide bonds.